The first kappa shape index (κ1) is 15.7. The Balaban J connectivity index is -0.0000000480. The Morgan fingerprint density at radius 3 is 1.14 bits per heavy atom. The molecular weight excluding hydrogens is 145 g/mol. The SMILES string of the molecule is CN(C)C.O=P.[Ti]. The van der Waals surface area contributed by atoms with Crippen LogP contribution in [0.5, 0.6) is 0 Å². The van der Waals surface area contributed by atoms with Crippen LogP contribution in [0.3, 0.4) is 0 Å². The van der Waals surface area contributed by atoms with E-state index in [2.05, 4.69) is 0 Å². The van der Waals surface area contributed by atoms with E-state index in [1.807, 2.05) is 26.0 Å². The van der Waals surface area contributed by atoms with Gasteiger partial charge in [0.25, 0.3) is 0 Å². The maximum absolute atomic E-state index is 8.06. The van der Waals surface area contributed by atoms with Gasteiger partial charge < -0.3 is 4.90 Å². The van der Waals surface area contributed by atoms with Crippen molar-refractivity contribution < 1.29 is 26.3 Å². The van der Waals surface area contributed by atoms with Crippen molar-refractivity contribution in [1.29, 1.82) is 0 Å². The first-order valence-corrected chi connectivity index (χ1v) is 1.95. The third kappa shape index (κ3) is 258. The van der Waals surface area contributed by atoms with Crippen molar-refractivity contribution in [3.05, 3.63) is 0 Å². The predicted molar refractivity (Wildman–Crippen MR) is 28.6 cm³/mol. The van der Waals surface area contributed by atoms with Crippen molar-refractivity contribution in [3.8, 4) is 0 Å². The van der Waals surface area contributed by atoms with E-state index in [1.54, 1.807) is 9.12 Å². The average Bonchev–Trinajstić information content (AvgIpc) is 1.41. The van der Waals surface area contributed by atoms with Crippen LogP contribution in [0.25, 0.3) is 0 Å². The van der Waals surface area contributed by atoms with Gasteiger partial charge in [-0.1, -0.05) is 0 Å². The van der Waals surface area contributed by atoms with E-state index in [0.29, 0.717) is 0 Å². The molecule has 0 rings (SSSR count). The summed E-state index contributed by atoms with van der Waals surface area (Å²) < 4.78 is 8.06. The van der Waals surface area contributed by atoms with Crippen LogP contribution in [-0.2, 0) is 26.3 Å². The third-order valence-electron chi connectivity index (χ3n) is 0. The minimum absolute atomic E-state index is 0. The molecule has 0 radical (unpaired) electrons. The Bertz CT molecular complexity index is 26.1. The maximum atomic E-state index is 8.06. The van der Waals surface area contributed by atoms with E-state index in [9.17, 15) is 0 Å². The van der Waals surface area contributed by atoms with E-state index in [-0.39, 0.29) is 21.7 Å². The number of nitrogens with zero attached hydrogens (tertiary/aromatic N) is 1. The number of hydrogen-bond donors (Lipinski definition) is 0. The largest absolute Gasteiger partial charge is 0.312 e. The van der Waals surface area contributed by atoms with Crippen LogP contribution in [-0.4, -0.2) is 26.0 Å². The normalized spacial score (nSPS) is 5.71. The summed E-state index contributed by atoms with van der Waals surface area (Å²) in [5, 5.41) is 0. The van der Waals surface area contributed by atoms with E-state index in [1.165, 1.54) is 0 Å². The molecule has 0 fully saturated rings. The Labute approximate surface area is 61.8 Å². The summed E-state index contributed by atoms with van der Waals surface area (Å²) in [5.74, 6) is 0. The van der Waals surface area contributed by atoms with Crippen molar-refractivity contribution in [2.75, 3.05) is 21.1 Å². The summed E-state index contributed by atoms with van der Waals surface area (Å²) in [4.78, 5) is 2.00. The summed E-state index contributed by atoms with van der Waals surface area (Å²) in [6, 6.07) is 0. The van der Waals surface area contributed by atoms with E-state index < -0.39 is 0 Å². The van der Waals surface area contributed by atoms with Crippen LogP contribution in [0.15, 0.2) is 0 Å². The molecule has 0 N–H and O–H groups in total. The topological polar surface area (TPSA) is 20.3 Å². The Morgan fingerprint density at radius 1 is 1.14 bits per heavy atom. The summed E-state index contributed by atoms with van der Waals surface area (Å²) in [6.45, 7) is 0. The number of hydrogen-bond acceptors (Lipinski definition) is 2. The molecule has 2 nitrogen and oxygen atoms in total. The van der Waals surface area contributed by atoms with Crippen LogP contribution in [0.4, 0.5) is 0 Å². The van der Waals surface area contributed by atoms with Gasteiger partial charge in [0.2, 0.25) is 0 Å². The second-order valence-corrected chi connectivity index (χ2v) is 1.34. The van der Waals surface area contributed by atoms with Crippen molar-refractivity contribution in [3.63, 3.8) is 0 Å². The van der Waals surface area contributed by atoms with Gasteiger partial charge in [0.05, 0.1) is 0 Å². The van der Waals surface area contributed by atoms with Gasteiger partial charge in [-0.05, 0) is 21.1 Å². The van der Waals surface area contributed by atoms with Gasteiger partial charge in [0.1, 0.15) is 9.12 Å². The van der Waals surface area contributed by atoms with Crippen LogP contribution < -0.4 is 0 Å². The van der Waals surface area contributed by atoms with Crippen molar-refractivity contribution in [2.45, 2.75) is 0 Å². The van der Waals surface area contributed by atoms with E-state index in [0.717, 1.165) is 0 Å². The zero-order chi connectivity index (χ0) is 5.58. The number of rotatable bonds is 0. The van der Waals surface area contributed by atoms with Gasteiger partial charge in [0, 0.05) is 21.7 Å². The molecule has 0 saturated carbocycles. The molecule has 0 aliphatic carbocycles. The summed E-state index contributed by atoms with van der Waals surface area (Å²) in [7, 11) is 7.72. The maximum Gasteiger partial charge on any atom is 0.138 e. The molecule has 0 saturated heterocycles. The minimum atomic E-state index is 0. The molecule has 0 aromatic rings. The van der Waals surface area contributed by atoms with Crippen molar-refractivity contribution in [2.24, 2.45) is 0 Å². The molecule has 0 unspecified atom stereocenters. The molecule has 4 heteroatoms. The fourth-order valence-electron chi connectivity index (χ4n) is 0. The van der Waals surface area contributed by atoms with Gasteiger partial charge in [-0.25, -0.2) is 0 Å². The fourth-order valence-corrected chi connectivity index (χ4v) is 0. The molecule has 0 aliphatic rings. The molecule has 42 valence electrons. The smallest absolute Gasteiger partial charge is 0.138 e. The Morgan fingerprint density at radius 2 is 1.14 bits per heavy atom. The van der Waals surface area contributed by atoms with Crippen molar-refractivity contribution in [1.82, 2.24) is 4.90 Å². The first-order valence-electron chi connectivity index (χ1n) is 1.55. The zero-order valence-electron chi connectivity index (χ0n) is 4.86. The van der Waals surface area contributed by atoms with Crippen LogP contribution in [0.1, 0.15) is 0 Å². The third-order valence-corrected chi connectivity index (χ3v) is 0. The van der Waals surface area contributed by atoms with Crippen LogP contribution >= 0.6 is 9.12 Å². The standard InChI is InChI=1S/C3H9N.HOP.Ti/c1-4(2)3;1-2;/h1-3H3;2H;. The molecule has 0 spiro atoms. The molecule has 0 aromatic heterocycles. The molecule has 0 bridgehead atoms. The van der Waals surface area contributed by atoms with Crippen molar-refractivity contribution >= 4 is 9.12 Å². The first-order chi connectivity index (χ1) is 2.73. The molecule has 0 atom stereocenters. The quantitative estimate of drug-likeness (QED) is 0.378. The molecule has 0 heterocycles. The fraction of sp³-hybridized carbons (Fsp3) is 1.00. The van der Waals surface area contributed by atoms with Gasteiger partial charge in [-0.15, -0.1) is 0 Å². The summed E-state index contributed by atoms with van der Waals surface area (Å²) >= 11 is 0. The minimum Gasteiger partial charge on any atom is -0.312 e. The molecule has 7 heavy (non-hydrogen) atoms. The molecule has 0 aliphatic heterocycles. The second-order valence-electron chi connectivity index (χ2n) is 1.34. The van der Waals surface area contributed by atoms with Gasteiger partial charge in [0.15, 0.2) is 0 Å². The molecule has 0 amide bonds. The van der Waals surface area contributed by atoms with E-state index in [4.69, 9.17) is 4.57 Å². The Kier molecular flexibility index (Phi) is 35.5. The monoisotopic (exact) mass is 155 g/mol. The molecule has 0 aromatic carbocycles. The Hall–Kier alpha value is 0.774. The van der Waals surface area contributed by atoms with Crippen LogP contribution in [0, 0.1) is 0 Å². The molecular formula is C3H10NOPTi. The summed E-state index contributed by atoms with van der Waals surface area (Å²) in [5.41, 5.74) is 0. The van der Waals surface area contributed by atoms with Crippen LogP contribution in [0.2, 0.25) is 0 Å². The predicted octanol–water partition coefficient (Wildman–Crippen LogP) is 0.650. The van der Waals surface area contributed by atoms with Gasteiger partial charge >= 0.3 is 0 Å². The zero-order valence-corrected chi connectivity index (χ0v) is 7.42. The second kappa shape index (κ2) is 15.9. The van der Waals surface area contributed by atoms with Gasteiger partial charge in [-0.3, -0.25) is 4.57 Å². The van der Waals surface area contributed by atoms with Gasteiger partial charge in [-0.2, -0.15) is 0 Å². The summed E-state index contributed by atoms with van der Waals surface area (Å²) in [6.07, 6.45) is 0. The average molecular weight is 155 g/mol. The van der Waals surface area contributed by atoms with E-state index >= 15 is 0 Å².